The molecule has 0 radical (unpaired) electrons. The van der Waals surface area contributed by atoms with Crippen LogP contribution in [0, 0.1) is 6.92 Å². The Morgan fingerprint density at radius 1 is 0.885 bits per heavy atom. The number of ether oxygens (including phenoxy) is 2. The van der Waals surface area contributed by atoms with Gasteiger partial charge in [-0.15, -0.1) is 0 Å². The Balaban J connectivity index is 1.68. The second-order valence-electron chi connectivity index (χ2n) is 5.87. The molecule has 2 amide bonds. The molecule has 0 heterocycles. The van der Waals surface area contributed by atoms with Crippen molar-refractivity contribution in [2.75, 3.05) is 31.0 Å². The number of aryl methyl sites for hydroxylation is 1. The Morgan fingerprint density at radius 2 is 1.46 bits per heavy atom. The maximum Gasteiger partial charge on any atom is 0.250 e. The molecule has 0 spiro atoms. The molecule has 6 heteroatoms. The Labute approximate surface area is 153 Å². The highest BCUT2D eigenvalue weighted by atomic mass is 16.5. The van der Waals surface area contributed by atoms with Gasteiger partial charge in [-0.1, -0.05) is 17.7 Å². The van der Waals surface area contributed by atoms with Crippen molar-refractivity contribution < 1.29 is 19.1 Å². The first-order valence-electron chi connectivity index (χ1n) is 8.45. The third-order valence-corrected chi connectivity index (χ3v) is 3.57. The minimum Gasteiger partial charge on any atom is -0.494 e. The minimum absolute atomic E-state index is 0.00312. The van der Waals surface area contributed by atoms with E-state index < -0.39 is 0 Å². The molecule has 6 nitrogen and oxygen atoms in total. The first-order valence-corrected chi connectivity index (χ1v) is 8.45. The summed E-state index contributed by atoms with van der Waals surface area (Å²) in [7, 11) is 1.46. The van der Waals surface area contributed by atoms with Crippen molar-refractivity contribution in [3.63, 3.8) is 0 Å². The van der Waals surface area contributed by atoms with Gasteiger partial charge in [0, 0.05) is 24.9 Å². The number of carbonyl (C=O) groups is 2. The van der Waals surface area contributed by atoms with Gasteiger partial charge in [0.2, 0.25) is 11.8 Å². The van der Waals surface area contributed by atoms with Crippen LogP contribution in [0.25, 0.3) is 0 Å². The van der Waals surface area contributed by atoms with E-state index in [0.717, 1.165) is 5.75 Å². The van der Waals surface area contributed by atoms with E-state index in [1.165, 1.54) is 12.7 Å². The Kier molecular flexibility index (Phi) is 7.64. The first kappa shape index (κ1) is 19.5. The van der Waals surface area contributed by atoms with Crippen LogP contribution in [0.15, 0.2) is 48.5 Å². The van der Waals surface area contributed by atoms with Crippen LogP contribution in [-0.4, -0.2) is 32.1 Å². The number of rotatable bonds is 9. The lowest BCUT2D eigenvalue weighted by Gasteiger charge is -2.09. The second kappa shape index (κ2) is 10.2. The number of anilines is 2. The number of nitrogens with one attached hydrogen (secondary N) is 2. The van der Waals surface area contributed by atoms with E-state index >= 15 is 0 Å². The third kappa shape index (κ3) is 6.94. The standard InChI is InChI=1S/C20H24N2O4/c1-15-5-11-18(12-6-15)26-13-3-4-19(23)21-16-7-9-17(10-8-16)22-20(24)14-25-2/h5-12H,3-4,13-14H2,1-2H3,(H,21,23)(H,22,24). The first-order chi connectivity index (χ1) is 12.6. The van der Waals surface area contributed by atoms with Crippen LogP contribution in [-0.2, 0) is 14.3 Å². The molecule has 26 heavy (non-hydrogen) atoms. The van der Waals surface area contributed by atoms with Crippen molar-refractivity contribution in [2.45, 2.75) is 19.8 Å². The maximum atomic E-state index is 12.0. The van der Waals surface area contributed by atoms with Gasteiger partial charge in [0.15, 0.2) is 0 Å². The Hall–Kier alpha value is -2.86. The van der Waals surface area contributed by atoms with Gasteiger partial charge >= 0.3 is 0 Å². The van der Waals surface area contributed by atoms with Gasteiger partial charge < -0.3 is 20.1 Å². The fourth-order valence-electron chi connectivity index (χ4n) is 2.25. The number of hydrogen-bond donors (Lipinski definition) is 2. The summed E-state index contributed by atoms with van der Waals surface area (Å²) < 4.78 is 10.4. The topological polar surface area (TPSA) is 76.7 Å². The summed E-state index contributed by atoms with van der Waals surface area (Å²) in [5, 5.41) is 5.51. The molecule has 0 atom stereocenters. The van der Waals surface area contributed by atoms with E-state index in [-0.39, 0.29) is 18.4 Å². The molecule has 2 N–H and O–H groups in total. The Morgan fingerprint density at radius 3 is 2.04 bits per heavy atom. The van der Waals surface area contributed by atoms with Crippen LogP contribution in [0.1, 0.15) is 18.4 Å². The molecule has 2 rings (SSSR count). The number of hydrogen-bond acceptors (Lipinski definition) is 4. The lowest BCUT2D eigenvalue weighted by atomic mass is 10.2. The molecule has 0 bridgehead atoms. The van der Waals surface area contributed by atoms with Gasteiger partial charge in [-0.3, -0.25) is 9.59 Å². The molecule has 0 fully saturated rings. The smallest absolute Gasteiger partial charge is 0.250 e. The van der Waals surface area contributed by atoms with Crippen molar-refractivity contribution in [1.82, 2.24) is 0 Å². The fourth-order valence-corrected chi connectivity index (χ4v) is 2.25. The lowest BCUT2D eigenvalue weighted by molar-refractivity contribution is -0.119. The molecular formula is C20H24N2O4. The van der Waals surface area contributed by atoms with Crippen LogP contribution in [0.5, 0.6) is 5.75 Å². The summed E-state index contributed by atoms with van der Waals surface area (Å²) in [6.45, 7) is 2.51. The summed E-state index contributed by atoms with van der Waals surface area (Å²) in [6, 6.07) is 14.7. The number of benzene rings is 2. The SMILES string of the molecule is COCC(=O)Nc1ccc(NC(=O)CCCOc2ccc(C)cc2)cc1. The molecule has 0 unspecified atom stereocenters. The summed E-state index contributed by atoms with van der Waals surface area (Å²) >= 11 is 0. The maximum absolute atomic E-state index is 12.0. The molecule has 0 aliphatic rings. The average Bonchev–Trinajstić information content (AvgIpc) is 2.62. The van der Waals surface area contributed by atoms with Crippen LogP contribution in [0.4, 0.5) is 11.4 Å². The van der Waals surface area contributed by atoms with E-state index in [0.29, 0.717) is 30.8 Å². The highest BCUT2D eigenvalue weighted by Gasteiger charge is 2.04. The van der Waals surface area contributed by atoms with Crippen LogP contribution >= 0.6 is 0 Å². The van der Waals surface area contributed by atoms with E-state index in [1.807, 2.05) is 31.2 Å². The number of amides is 2. The van der Waals surface area contributed by atoms with Gasteiger partial charge in [-0.2, -0.15) is 0 Å². The van der Waals surface area contributed by atoms with Gasteiger partial charge in [0.1, 0.15) is 12.4 Å². The molecule has 0 aromatic heterocycles. The summed E-state index contributed by atoms with van der Waals surface area (Å²) in [5.74, 6) is 0.508. The number of carbonyl (C=O) groups excluding carboxylic acids is 2. The van der Waals surface area contributed by atoms with Crippen LogP contribution in [0.2, 0.25) is 0 Å². The molecule has 2 aromatic carbocycles. The molecule has 2 aromatic rings. The molecule has 0 saturated heterocycles. The predicted octanol–water partition coefficient (Wildman–Crippen LogP) is 3.38. The third-order valence-electron chi connectivity index (χ3n) is 3.57. The Bertz CT molecular complexity index is 712. The van der Waals surface area contributed by atoms with Gasteiger partial charge in [-0.05, 0) is 49.7 Å². The van der Waals surface area contributed by atoms with E-state index in [1.54, 1.807) is 24.3 Å². The summed E-state index contributed by atoms with van der Waals surface area (Å²) in [6.07, 6.45) is 1.00. The van der Waals surface area contributed by atoms with Crippen LogP contribution < -0.4 is 15.4 Å². The highest BCUT2D eigenvalue weighted by molar-refractivity contribution is 5.93. The second-order valence-corrected chi connectivity index (χ2v) is 5.87. The fraction of sp³-hybridized carbons (Fsp3) is 0.300. The molecular weight excluding hydrogens is 332 g/mol. The van der Waals surface area contributed by atoms with Crippen molar-refractivity contribution in [2.24, 2.45) is 0 Å². The minimum atomic E-state index is -0.224. The van der Waals surface area contributed by atoms with Crippen molar-refractivity contribution in [1.29, 1.82) is 0 Å². The van der Waals surface area contributed by atoms with Crippen molar-refractivity contribution in [3.8, 4) is 5.75 Å². The van der Waals surface area contributed by atoms with Gasteiger partial charge in [0.25, 0.3) is 0 Å². The highest BCUT2D eigenvalue weighted by Crippen LogP contribution is 2.15. The van der Waals surface area contributed by atoms with E-state index in [9.17, 15) is 9.59 Å². The molecule has 0 saturated carbocycles. The zero-order valence-electron chi connectivity index (χ0n) is 15.1. The molecule has 0 aliphatic heterocycles. The van der Waals surface area contributed by atoms with Crippen LogP contribution in [0.3, 0.4) is 0 Å². The number of methoxy groups -OCH3 is 1. The van der Waals surface area contributed by atoms with Crippen molar-refractivity contribution in [3.05, 3.63) is 54.1 Å². The quantitative estimate of drug-likeness (QED) is 0.675. The summed E-state index contributed by atoms with van der Waals surface area (Å²) in [4.78, 5) is 23.4. The monoisotopic (exact) mass is 356 g/mol. The van der Waals surface area contributed by atoms with Crippen molar-refractivity contribution >= 4 is 23.2 Å². The zero-order valence-corrected chi connectivity index (χ0v) is 15.1. The average molecular weight is 356 g/mol. The lowest BCUT2D eigenvalue weighted by Crippen LogP contribution is -2.17. The summed E-state index contributed by atoms with van der Waals surface area (Å²) in [5.41, 5.74) is 2.51. The molecule has 138 valence electrons. The zero-order chi connectivity index (χ0) is 18.8. The molecule has 0 aliphatic carbocycles. The largest absolute Gasteiger partial charge is 0.494 e. The van der Waals surface area contributed by atoms with E-state index in [4.69, 9.17) is 9.47 Å². The van der Waals surface area contributed by atoms with Gasteiger partial charge in [-0.25, -0.2) is 0 Å². The van der Waals surface area contributed by atoms with Gasteiger partial charge in [0.05, 0.1) is 6.61 Å². The predicted molar refractivity (Wildman–Crippen MR) is 101 cm³/mol. The van der Waals surface area contributed by atoms with E-state index in [2.05, 4.69) is 10.6 Å². The normalized spacial score (nSPS) is 10.2.